The van der Waals surface area contributed by atoms with E-state index in [1.807, 2.05) is 12.1 Å². The Morgan fingerprint density at radius 2 is 1.83 bits per heavy atom. The molecule has 1 saturated carbocycles. The van der Waals surface area contributed by atoms with Crippen molar-refractivity contribution >= 4 is 29.9 Å². The predicted octanol–water partition coefficient (Wildman–Crippen LogP) is 4.58. The molecule has 0 atom stereocenters. The molecule has 1 aliphatic carbocycles. The van der Waals surface area contributed by atoms with Crippen molar-refractivity contribution in [3.8, 4) is 0 Å². The monoisotopic (exact) mass is 436 g/mol. The van der Waals surface area contributed by atoms with Crippen molar-refractivity contribution in [1.29, 1.82) is 0 Å². The Morgan fingerprint density at radius 3 is 2.45 bits per heavy atom. The second kappa shape index (κ2) is 9.96. The van der Waals surface area contributed by atoms with Gasteiger partial charge in [0, 0.05) is 42.3 Å². The first-order valence-electron chi connectivity index (χ1n) is 10.4. The van der Waals surface area contributed by atoms with Crippen LogP contribution in [0, 0.1) is 0 Å². The van der Waals surface area contributed by atoms with Gasteiger partial charge in [-0.15, -0.1) is 12.4 Å². The van der Waals surface area contributed by atoms with E-state index >= 15 is 0 Å². The van der Waals surface area contributed by atoms with Crippen molar-refractivity contribution < 1.29 is 4.79 Å². The fourth-order valence-electron chi connectivity index (χ4n) is 4.88. The van der Waals surface area contributed by atoms with Gasteiger partial charge in [-0.25, -0.2) is 0 Å². The lowest BCUT2D eigenvalue weighted by molar-refractivity contribution is 0.0886. The summed E-state index contributed by atoms with van der Waals surface area (Å²) in [4.78, 5) is 14.8. The van der Waals surface area contributed by atoms with Gasteiger partial charge in [0.15, 0.2) is 0 Å². The van der Waals surface area contributed by atoms with Crippen LogP contribution >= 0.6 is 24.0 Å². The maximum atomic E-state index is 12.2. The van der Waals surface area contributed by atoms with Crippen LogP contribution in [0.4, 0.5) is 0 Å². The first-order chi connectivity index (χ1) is 13.6. The van der Waals surface area contributed by atoms with E-state index in [1.165, 1.54) is 37.7 Å². The molecule has 5 nitrogen and oxygen atoms in total. The van der Waals surface area contributed by atoms with E-state index in [4.69, 9.17) is 11.6 Å². The van der Waals surface area contributed by atoms with Crippen LogP contribution < -0.4 is 5.32 Å². The van der Waals surface area contributed by atoms with Crippen LogP contribution in [-0.4, -0.2) is 46.7 Å². The second-order valence-electron chi connectivity index (χ2n) is 8.34. The Morgan fingerprint density at radius 1 is 1.14 bits per heavy atom. The number of aromatic nitrogens is 2. The second-order valence-corrected chi connectivity index (χ2v) is 8.78. The fraction of sp³-hybridized carbons (Fsp3) is 0.545. The standard InChI is InChI=1S/C22H29ClN4O.ClH/c23-18-6-4-17(5-7-18)22(11-2-1-3-12-22)16-27-14-9-19(10-15-27)25-21(28)20-8-13-24-26-20;/h4-8,13,19H,1-3,9-12,14-16H2,(H,24,26)(H,25,28);1H. The number of H-pyrrole nitrogens is 1. The van der Waals surface area contributed by atoms with Crippen LogP contribution in [0.2, 0.25) is 5.02 Å². The molecule has 2 aromatic rings. The smallest absolute Gasteiger partial charge is 0.269 e. The van der Waals surface area contributed by atoms with Crippen molar-refractivity contribution in [3.05, 3.63) is 52.8 Å². The van der Waals surface area contributed by atoms with Gasteiger partial charge in [0.2, 0.25) is 0 Å². The summed E-state index contributed by atoms with van der Waals surface area (Å²) < 4.78 is 0. The van der Waals surface area contributed by atoms with Crippen LogP contribution in [0.3, 0.4) is 0 Å². The van der Waals surface area contributed by atoms with E-state index in [0.717, 1.165) is 37.5 Å². The van der Waals surface area contributed by atoms with E-state index in [9.17, 15) is 4.79 Å². The van der Waals surface area contributed by atoms with Crippen LogP contribution in [0.25, 0.3) is 0 Å². The summed E-state index contributed by atoms with van der Waals surface area (Å²) in [6.07, 6.45) is 10.1. The van der Waals surface area contributed by atoms with Gasteiger partial charge in [-0.1, -0.05) is 43.0 Å². The summed E-state index contributed by atoms with van der Waals surface area (Å²) in [7, 11) is 0. The van der Waals surface area contributed by atoms with Crippen LogP contribution in [0.1, 0.15) is 61.0 Å². The Bertz CT molecular complexity index is 765. The van der Waals surface area contributed by atoms with Crippen LogP contribution in [-0.2, 0) is 5.41 Å². The first kappa shape index (κ1) is 22.1. The number of nitrogens with one attached hydrogen (secondary N) is 2. The number of hydrogen-bond acceptors (Lipinski definition) is 3. The fourth-order valence-corrected chi connectivity index (χ4v) is 5.00. The normalized spacial score (nSPS) is 20.0. The Hall–Kier alpha value is -1.56. The quantitative estimate of drug-likeness (QED) is 0.720. The highest BCUT2D eigenvalue weighted by Gasteiger charge is 2.36. The van der Waals surface area contributed by atoms with Crippen molar-refractivity contribution in [2.24, 2.45) is 0 Å². The van der Waals surface area contributed by atoms with Crippen LogP contribution in [0.15, 0.2) is 36.5 Å². The zero-order valence-electron chi connectivity index (χ0n) is 16.7. The lowest BCUT2D eigenvalue weighted by Crippen LogP contribution is -2.49. The Kier molecular flexibility index (Phi) is 7.60. The molecule has 29 heavy (non-hydrogen) atoms. The zero-order chi connectivity index (χ0) is 19.4. The summed E-state index contributed by atoms with van der Waals surface area (Å²) in [6.45, 7) is 3.17. The number of piperidine rings is 1. The summed E-state index contributed by atoms with van der Waals surface area (Å²) in [5.74, 6) is -0.0548. The highest BCUT2D eigenvalue weighted by molar-refractivity contribution is 6.30. The number of amides is 1. The molecule has 2 N–H and O–H groups in total. The third-order valence-corrected chi connectivity index (χ3v) is 6.71. The first-order valence-corrected chi connectivity index (χ1v) is 10.8. The Balaban J connectivity index is 0.00000240. The van der Waals surface area contributed by atoms with Gasteiger partial charge in [-0.05, 0) is 49.4 Å². The molecule has 0 radical (unpaired) electrons. The van der Waals surface area contributed by atoms with Gasteiger partial charge in [0.25, 0.3) is 5.91 Å². The minimum atomic E-state index is -0.0548. The maximum absolute atomic E-state index is 12.2. The molecule has 1 saturated heterocycles. The number of hydrogen-bond donors (Lipinski definition) is 2. The van der Waals surface area contributed by atoms with Gasteiger partial charge in [-0.2, -0.15) is 5.10 Å². The lowest BCUT2D eigenvalue weighted by atomic mass is 9.69. The molecule has 2 heterocycles. The highest BCUT2D eigenvalue weighted by Crippen LogP contribution is 2.41. The lowest BCUT2D eigenvalue weighted by Gasteiger charge is -2.44. The summed E-state index contributed by atoms with van der Waals surface area (Å²) >= 11 is 6.13. The van der Waals surface area contributed by atoms with E-state index in [1.54, 1.807) is 12.3 Å². The molecule has 1 aliphatic heterocycles. The van der Waals surface area contributed by atoms with Gasteiger partial charge < -0.3 is 10.2 Å². The van der Waals surface area contributed by atoms with Crippen molar-refractivity contribution in [1.82, 2.24) is 20.4 Å². The summed E-state index contributed by atoms with van der Waals surface area (Å²) in [5.41, 5.74) is 2.21. The molecule has 158 valence electrons. The molecular formula is C22H30Cl2N4O. The minimum absolute atomic E-state index is 0. The topological polar surface area (TPSA) is 61.0 Å². The third kappa shape index (κ3) is 5.33. The molecule has 1 aromatic heterocycles. The minimum Gasteiger partial charge on any atom is -0.348 e. The summed E-state index contributed by atoms with van der Waals surface area (Å²) in [6, 6.07) is 10.5. The predicted molar refractivity (Wildman–Crippen MR) is 119 cm³/mol. The van der Waals surface area contributed by atoms with E-state index < -0.39 is 0 Å². The van der Waals surface area contributed by atoms with E-state index in [0.29, 0.717) is 5.69 Å². The maximum Gasteiger partial charge on any atom is 0.269 e. The van der Waals surface area contributed by atoms with Crippen molar-refractivity contribution in [3.63, 3.8) is 0 Å². The molecule has 7 heteroatoms. The number of carbonyl (C=O) groups excluding carboxylic acids is 1. The molecule has 1 amide bonds. The largest absolute Gasteiger partial charge is 0.348 e. The number of likely N-dealkylation sites (tertiary alicyclic amines) is 1. The SMILES string of the molecule is Cl.O=C(NC1CCN(CC2(c3ccc(Cl)cc3)CCCCC2)CC1)c1ccn[nH]1. The van der Waals surface area contributed by atoms with Gasteiger partial charge >= 0.3 is 0 Å². The van der Waals surface area contributed by atoms with Crippen molar-refractivity contribution in [2.75, 3.05) is 19.6 Å². The summed E-state index contributed by atoms with van der Waals surface area (Å²) in [5, 5.41) is 10.5. The van der Waals surface area contributed by atoms with Crippen LogP contribution in [0.5, 0.6) is 0 Å². The molecule has 0 spiro atoms. The molecule has 2 aliphatic rings. The number of aromatic amines is 1. The zero-order valence-corrected chi connectivity index (χ0v) is 18.3. The average Bonchev–Trinajstić information content (AvgIpc) is 3.26. The Labute approximate surface area is 184 Å². The van der Waals surface area contributed by atoms with Gasteiger partial charge in [0.05, 0.1) is 0 Å². The number of rotatable bonds is 5. The number of benzene rings is 1. The van der Waals surface area contributed by atoms with E-state index in [2.05, 4.69) is 32.5 Å². The molecular weight excluding hydrogens is 407 g/mol. The molecule has 1 aromatic carbocycles. The van der Waals surface area contributed by atoms with Crippen molar-refractivity contribution in [2.45, 2.75) is 56.4 Å². The van der Waals surface area contributed by atoms with Gasteiger partial charge in [0.1, 0.15) is 5.69 Å². The number of carbonyl (C=O) groups is 1. The molecule has 2 fully saturated rings. The number of halogens is 2. The van der Waals surface area contributed by atoms with Gasteiger partial charge in [-0.3, -0.25) is 9.89 Å². The highest BCUT2D eigenvalue weighted by atomic mass is 35.5. The average molecular weight is 437 g/mol. The van der Waals surface area contributed by atoms with E-state index in [-0.39, 0.29) is 29.8 Å². The molecule has 0 unspecified atom stereocenters. The third-order valence-electron chi connectivity index (χ3n) is 6.46. The number of nitrogens with zero attached hydrogens (tertiary/aromatic N) is 2. The molecule has 4 rings (SSSR count). The molecule has 0 bridgehead atoms.